The fourth-order valence-electron chi connectivity index (χ4n) is 4.16. The summed E-state index contributed by atoms with van der Waals surface area (Å²) < 4.78 is 0. The van der Waals surface area contributed by atoms with Crippen molar-refractivity contribution in [2.45, 2.75) is 18.8 Å². The topological polar surface area (TPSA) is 74.7 Å². The van der Waals surface area contributed by atoms with Gasteiger partial charge in [0.2, 0.25) is 0 Å². The summed E-state index contributed by atoms with van der Waals surface area (Å²) in [5, 5.41) is 11.2. The lowest BCUT2D eigenvalue weighted by Crippen LogP contribution is -2.65. The van der Waals surface area contributed by atoms with Gasteiger partial charge in [-0.15, -0.1) is 0 Å². The summed E-state index contributed by atoms with van der Waals surface area (Å²) in [4.78, 5) is 36.5. The molecule has 1 atom stereocenters. The van der Waals surface area contributed by atoms with Crippen molar-refractivity contribution in [2.75, 3.05) is 13.1 Å². The Morgan fingerprint density at radius 2 is 1.92 bits per heavy atom. The molecule has 0 saturated carbocycles. The normalized spacial score (nSPS) is 21.4. The van der Waals surface area contributed by atoms with E-state index in [4.69, 9.17) is 5.11 Å². The largest absolute Gasteiger partial charge is 0.465 e. The molecule has 1 spiro atoms. The Morgan fingerprint density at radius 1 is 1.25 bits per heavy atom. The molecule has 1 aliphatic carbocycles. The van der Waals surface area contributed by atoms with Crippen LogP contribution in [0.25, 0.3) is 10.8 Å². The summed E-state index contributed by atoms with van der Waals surface area (Å²) in [6.45, 7) is 0.450. The predicted octanol–water partition coefficient (Wildman–Crippen LogP) is 2.62. The van der Waals surface area contributed by atoms with Crippen molar-refractivity contribution in [1.82, 2.24) is 4.90 Å². The molecule has 2 aromatic rings. The predicted molar refractivity (Wildman–Crippen MR) is 88.1 cm³/mol. The minimum absolute atomic E-state index is 0.00915. The van der Waals surface area contributed by atoms with Crippen LogP contribution in [0.4, 0.5) is 4.79 Å². The molecule has 1 unspecified atom stereocenters. The van der Waals surface area contributed by atoms with Crippen LogP contribution in [0, 0.1) is 5.41 Å². The number of benzene rings is 2. The number of likely N-dealkylation sites (tertiary alicyclic amines) is 1. The fraction of sp³-hybridized carbons (Fsp3) is 0.316. The lowest BCUT2D eigenvalue weighted by atomic mass is 9.61. The molecule has 1 N–H and O–H groups in total. The Kier molecular flexibility index (Phi) is 3.20. The number of nitrogens with zero attached hydrogens (tertiary/aromatic N) is 1. The van der Waals surface area contributed by atoms with Crippen LogP contribution in [0.1, 0.15) is 23.5 Å². The number of carbonyl (C=O) groups excluding carboxylic acids is 2. The first-order valence-electron chi connectivity index (χ1n) is 8.01. The Hall–Kier alpha value is -2.69. The molecule has 122 valence electrons. The lowest BCUT2D eigenvalue weighted by Gasteiger charge is -2.51. The van der Waals surface area contributed by atoms with Gasteiger partial charge in [0, 0.05) is 19.5 Å². The van der Waals surface area contributed by atoms with E-state index in [-0.39, 0.29) is 25.3 Å². The minimum Gasteiger partial charge on any atom is -0.465 e. The molecule has 5 nitrogen and oxygen atoms in total. The molecule has 1 saturated heterocycles. The first-order valence-corrected chi connectivity index (χ1v) is 8.01. The second-order valence-electron chi connectivity index (χ2n) is 6.81. The molecular weight excluding hydrogens is 306 g/mol. The zero-order valence-corrected chi connectivity index (χ0v) is 13.1. The number of aldehydes is 1. The van der Waals surface area contributed by atoms with E-state index in [0.717, 1.165) is 28.2 Å². The van der Waals surface area contributed by atoms with Crippen molar-refractivity contribution in [3.63, 3.8) is 0 Å². The average molecular weight is 323 g/mol. The van der Waals surface area contributed by atoms with Crippen LogP contribution in [0.3, 0.4) is 0 Å². The first-order chi connectivity index (χ1) is 11.5. The second kappa shape index (κ2) is 5.16. The third-order valence-corrected chi connectivity index (χ3v) is 5.34. The number of hydrogen-bond donors (Lipinski definition) is 1. The van der Waals surface area contributed by atoms with Gasteiger partial charge in [0.05, 0.1) is 11.3 Å². The van der Waals surface area contributed by atoms with E-state index in [0.29, 0.717) is 6.42 Å². The third kappa shape index (κ3) is 2.04. The lowest BCUT2D eigenvalue weighted by molar-refractivity contribution is -0.141. The molecule has 1 heterocycles. The van der Waals surface area contributed by atoms with Crippen molar-refractivity contribution >= 4 is 28.9 Å². The Morgan fingerprint density at radius 3 is 2.54 bits per heavy atom. The number of carbonyl (C=O) groups is 3. The zero-order chi connectivity index (χ0) is 16.9. The zero-order valence-electron chi connectivity index (χ0n) is 13.1. The molecule has 1 amide bonds. The van der Waals surface area contributed by atoms with Gasteiger partial charge in [0.1, 0.15) is 6.29 Å². The SMILES string of the molecule is O=CCC1C(=O)C2(Cc3cc4ccccc4cc31)CN(C(=O)O)C2. The molecule has 0 bridgehead atoms. The highest BCUT2D eigenvalue weighted by atomic mass is 16.4. The number of carboxylic acid groups (broad SMARTS) is 1. The maximum atomic E-state index is 13.0. The Bertz CT molecular complexity index is 867. The molecular formula is C19H17NO4. The maximum absolute atomic E-state index is 13.0. The van der Waals surface area contributed by atoms with Crippen molar-refractivity contribution in [3.05, 3.63) is 47.5 Å². The van der Waals surface area contributed by atoms with Gasteiger partial charge in [-0.1, -0.05) is 36.4 Å². The number of hydrogen-bond acceptors (Lipinski definition) is 3. The molecule has 0 aromatic heterocycles. The van der Waals surface area contributed by atoms with Crippen LogP contribution in [-0.2, 0) is 16.0 Å². The summed E-state index contributed by atoms with van der Waals surface area (Å²) >= 11 is 0. The van der Waals surface area contributed by atoms with Gasteiger partial charge in [0.25, 0.3) is 0 Å². The smallest absolute Gasteiger partial charge is 0.407 e. The third-order valence-electron chi connectivity index (χ3n) is 5.34. The van der Waals surface area contributed by atoms with E-state index in [1.54, 1.807) is 0 Å². The monoisotopic (exact) mass is 323 g/mol. The highest BCUT2D eigenvalue weighted by Gasteiger charge is 2.55. The molecule has 24 heavy (non-hydrogen) atoms. The van der Waals surface area contributed by atoms with E-state index in [9.17, 15) is 14.4 Å². The van der Waals surface area contributed by atoms with Gasteiger partial charge in [0.15, 0.2) is 5.78 Å². The number of Topliss-reactive ketones (excluding diaryl/α,β-unsaturated/α-hetero) is 1. The fourth-order valence-corrected chi connectivity index (χ4v) is 4.16. The molecule has 2 aromatic carbocycles. The minimum atomic E-state index is -0.996. The highest BCUT2D eigenvalue weighted by molar-refractivity contribution is 5.98. The van der Waals surface area contributed by atoms with Crippen molar-refractivity contribution < 1.29 is 19.5 Å². The van der Waals surface area contributed by atoms with E-state index in [2.05, 4.69) is 6.07 Å². The summed E-state index contributed by atoms with van der Waals surface area (Å²) in [5.41, 5.74) is 1.32. The summed E-state index contributed by atoms with van der Waals surface area (Å²) in [7, 11) is 0. The van der Waals surface area contributed by atoms with E-state index in [1.807, 2.05) is 30.3 Å². The molecule has 2 aliphatic rings. The number of ketones is 1. The van der Waals surface area contributed by atoms with E-state index < -0.39 is 17.4 Å². The van der Waals surface area contributed by atoms with Gasteiger partial charge in [-0.05, 0) is 28.3 Å². The standard InChI is InChI=1S/C19H17NO4/c21-6-5-15-16-8-13-4-2-1-3-12(13)7-14(16)9-19(17(15)22)10-20(11-19)18(23)24/h1-4,6-8,15H,5,9-11H2,(H,23,24). The van der Waals surface area contributed by atoms with Gasteiger partial charge in [-0.3, -0.25) is 4.79 Å². The summed E-state index contributed by atoms with van der Waals surface area (Å²) in [6.07, 6.45) is 0.489. The van der Waals surface area contributed by atoms with Gasteiger partial charge < -0.3 is 14.8 Å². The van der Waals surface area contributed by atoms with E-state index in [1.165, 1.54) is 4.90 Å². The van der Waals surface area contributed by atoms with Gasteiger partial charge in [-0.25, -0.2) is 4.79 Å². The van der Waals surface area contributed by atoms with Crippen LogP contribution in [0.5, 0.6) is 0 Å². The van der Waals surface area contributed by atoms with Crippen LogP contribution >= 0.6 is 0 Å². The van der Waals surface area contributed by atoms with Crippen molar-refractivity contribution in [1.29, 1.82) is 0 Å². The Balaban J connectivity index is 1.81. The molecule has 1 fully saturated rings. The van der Waals surface area contributed by atoms with Crippen LogP contribution < -0.4 is 0 Å². The number of rotatable bonds is 2. The van der Waals surface area contributed by atoms with Crippen LogP contribution in [0.15, 0.2) is 36.4 Å². The van der Waals surface area contributed by atoms with E-state index >= 15 is 0 Å². The summed E-state index contributed by atoms with van der Waals surface area (Å²) in [5.74, 6) is -0.457. The van der Waals surface area contributed by atoms with Crippen LogP contribution in [0.2, 0.25) is 0 Å². The van der Waals surface area contributed by atoms with Gasteiger partial charge in [-0.2, -0.15) is 0 Å². The van der Waals surface area contributed by atoms with Crippen LogP contribution in [-0.4, -0.2) is 41.3 Å². The average Bonchev–Trinajstić information content (AvgIpc) is 2.53. The highest BCUT2D eigenvalue weighted by Crippen LogP contribution is 2.46. The Labute approximate surface area is 138 Å². The quantitative estimate of drug-likeness (QED) is 0.862. The van der Waals surface area contributed by atoms with Gasteiger partial charge >= 0.3 is 6.09 Å². The first kappa shape index (κ1) is 14.9. The number of fused-ring (bicyclic) bond motifs is 2. The molecule has 4 rings (SSSR count). The van der Waals surface area contributed by atoms with Crippen molar-refractivity contribution in [2.24, 2.45) is 5.41 Å². The molecule has 0 radical (unpaired) electrons. The maximum Gasteiger partial charge on any atom is 0.407 e. The van der Waals surface area contributed by atoms with Crippen molar-refractivity contribution in [3.8, 4) is 0 Å². The second-order valence-corrected chi connectivity index (χ2v) is 6.81. The summed E-state index contributed by atoms with van der Waals surface area (Å²) in [6, 6.07) is 12.0. The molecule has 1 aliphatic heterocycles. The molecule has 5 heteroatoms. The number of amides is 1.